The summed E-state index contributed by atoms with van der Waals surface area (Å²) in [6.45, 7) is 0. The molecule has 0 radical (unpaired) electrons. The summed E-state index contributed by atoms with van der Waals surface area (Å²) < 4.78 is 28.4. The van der Waals surface area contributed by atoms with Crippen LogP contribution in [0.3, 0.4) is 0 Å². The molecule has 12 heavy (non-hydrogen) atoms. The van der Waals surface area contributed by atoms with E-state index in [1.165, 1.54) is 17.6 Å². The molecule has 0 N–H and O–H groups in total. The van der Waals surface area contributed by atoms with E-state index in [2.05, 4.69) is 0 Å². The number of thiophene rings is 1. The smallest absolute Gasteiger partial charge is 0.185 e. The van der Waals surface area contributed by atoms with Crippen molar-refractivity contribution >= 4 is 31.5 Å². The van der Waals surface area contributed by atoms with Gasteiger partial charge in [-0.1, -0.05) is 0 Å². The Morgan fingerprint density at radius 1 is 1.50 bits per heavy atom. The van der Waals surface area contributed by atoms with Crippen molar-refractivity contribution in [2.24, 2.45) is 0 Å². The summed E-state index contributed by atoms with van der Waals surface area (Å²) in [5.41, 5.74) is 0.639. The van der Waals surface area contributed by atoms with Gasteiger partial charge in [-0.3, -0.25) is 0 Å². The Bertz CT molecular complexity index is 475. The monoisotopic (exact) mass is 202 g/mol. The number of hydrogen-bond donors (Lipinski definition) is 0. The quantitative estimate of drug-likeness (QED) is 0.709. The largest absolute Gasteiger partial charge is 0.463 e. The minimum absolute atomic E-state index is 0.358. The standard InChI is InChI=1S/C7H6O3S2/c1-12(8,9)7-4-5-6(11-7)2-3-10-5/h2-4H,1H3. The molecule has 0 aliphatic rings. The first kappa shape index (κ1) is 7.82. The van der Waals surface area contributed by atoms with E-state index in [1.807, 2.05) is 0 Å². The van der Waals surface area contributed by atoms with Crippen molar-refractivity contribution in [3.8, 4) is 0 Å². The van der Waals surface area contributed by atoms with E-state index in [1.54, 1.807) is 18.4 Å². The van der Waals surface area contributed by atoms with Crippen molar-refractivity contribution in [1.29, 1.82) is 0 Å². The van der Waals surface area contributed by atoms with E-state index in [0.717, 1.165) is 4.70 Å². The maximum Gasteiger partial charge on any atom is 0.185 e. The molecule has 0 amide bonds. The second-order valence-corrected chi connectivity index (χ2v) is 5.81. The first-order chi connectivity index (χ1) is 5.57. The van der Waals surface area contributed by atoms with Crippen LogP contribution in [0.1, 0.15) is 0 Å². The van der Waals surface area contributed by atoms with E-state index in [9.17, 15) is 8.42 Å². The fourth-order valence-electron chi connectivity index (χ4n) is 0.926. The molecule has 0 fully saturated rings. The molecule has 2 rings (SSSR count). The lowest BCUT2D eigenvalue weighted by Crippen LogP contribution is -1.91. The van der Waals surface area contributed by atoms with Gasteiger partial charge in [0.15, 0.2) is 9.84 Å². The first-order valence-corrected chi connectivity index (χ1v) is 5.95. The molecule has 0 bridgehead atoms. The molecule has 0 atom stereocenters. The van der Waals surface area contributed by atoms with Crippen LogP contribution in [0.25, 0.3) is 10.3 Å². The highest BCUT2D eigenvalue weighted by Gasteiger charge is 2.12. The topological polar surface area (TPSA) is 47.3 Å². The van der Waals surface area contributed by atoms with Crippen LogP contribution >= 0.6 is 11.3 Å². The average Bonchev–Trinajstić information content (AvgIpc) is 2.37. The van der Waals surface area contributed by atoms with Crippen LogP contribution in [0, 0.1) is 0 Å². The van der Waals surface area contributed by atoms with E-state index in [-0.39, 0.29) is 0 Å². The molecule has 0 aliphatic carbocycles. The molecule has 0 saturated carbocycles. The van der Waals surface area contributed by atoms with Crippen LogP contribution < -0.4 is 0 Å². The van der Waals surface area contributed by atoms with Gasteiger partial charge in [0.1, 0.15) is 9.79 Å². The summed E-state index contributed by atoms with van der Waals surface area (Å²) in [6.07, 6.45) is 2.74. The van der Waals surface area contributed by atoms with Crippen molar-refractivity contribution in [2.75, 3.05) is 6.26 Å². The molecule has 5 heteroatoms. The van der Waals surface area contributed by atoms with Gasteiger partial charge in [-0.25, -0.2) is 8.42 Å². The summed E-state index contributed by atoms with van der Waals surface area (Å²) in [7, 11) is -3.08. The maximum absolute atomic E-state index is 11.1. The van der Waals surface area contributed by atoms with Crippen LogP contribution in [-0.4, -0.2) is 14.7 Å². The van der Waals surface area contributed by atoms with Gasteiger partial charge in [-0.2, -0.15) is 0 Å². The fraction of sp³-hybridized carbons (Fsp3) is 0.143. The summed E-state index contributed by atoms with van der Waals surface area (Å²) in [4.78, 5) is 0. The number of fused-ring (bicyclic) bond motifs is 1. The van der Waals surface area contributed by atoms with Gasteiger partial charge in [0, 0.05) is 12.3 Å². The van der Waals surface area contributed by atoms with Crippen molar-refractivity contribution in [3.63, 3.8) is 0 Å². The Morgan fingerprint density at radius 3 is 2.83 bits per heavy atom. The number of rotatable bonds is 1. The Labute approximate surface area is 73.5 Å². The summed E-state index contributed by atoms with van der Waals surface area (Å²) >= 11 is 1.23. The van der Waals surface area contributed by atoms with Crippen LogP contribution in [0.2, 0.25) is 0 Å². The SMILES string of the molecule is CS(=O)(=O)c1cc2occc2s1. The zero-order valence-electron chi connectivity index (χ0n) is 6.27. The highest BCUT2D eigenvalue weighted by atomic mass is 32.2. The van der Waals surface area contributed by atoms with Gasteiger partial charge in [0.2, 0.25) is 0 Å². The average molecular weight is 202 g/mol. The minimum atomic E-state index is -3.08. The number of furan rings is 1. The number of hydrogen-bond acceptors (Lipinski definition) is 4. The second kappa shape index (κ2) is 2.34. The normalized spacial score (nSPS) is 12.4. The van der Waals surface area contributed by atoms with E-state index in [0.29, 0.717) is 9.79 Å². The first-order valence-electron chi connectivity index (χ1n) is 3.24. The Kier molecular flexibility index (Phi) is 1.52. The van der Waals surface area contributed by atoms with Crippen molar-refractivity contribution in [3.05, 3.63) is 18.4 Å². The summed E-state index contributed by atoms with van der Waals surface area (Å²) in [5, 5.41) is 0. The predicted octanol–water partition coefficient (Wildman–Crippen LogP) is 1.90. The third kappa shape index (κ3) is 1.15. The summed E-state index contributed by atoms with van der Waals surface area (Å²) in [5.74, 6) is 0. The van der Waals surface area contributed by atoms with Gasteiger partial charge in [0.05, 0.1) is 11.0 Å². The lowest BCUT2D eigenvalue weighted by molar-refractivity contribution is 0.601. The zero-order chi connectivity index (χ0) is 8.77. The van der Waals surface area contributed by atoms with E-state index < -0.39 is 9.84 Å². The lowest BCUT2D eigenvalue weighted by atomic mass is 10.5. The third-order valence-corrected chi connectivity index (χ3v) is 4.37. The second-order valence-electron chi connectivity index (χ2n) is 2.49. The highest BCUT2D eigenvalue weighted by molar-refractivity contribution is 7.92. The van der Waals surface area contributed by atoms with Gasteiger partial charge >= 0.3 is 0 Å². The Balaban J connectivity index is 2.75. The van der Waals surface area contributed by atoms with Crippen molar-refractivity contribution in [2.45, 2.75) is 4.21 Å². The van der Waals surface area contributed by atoms with E-state index >= 15 is 0 Å². The third-order valence-electron chi connectivity index (χ3n) is 1.48. The molecular formula is C7H6O3S2. The van der Waals surface area contributed by atoms with Crippen LogP contribution in [0.4, 0.5) is 0 Å². The zero-order valence-corrected chi connectivity index (χ0v) is 7.91. The minimum Gasteiger partial charge on any atom is -0.463 e. The fourth-order valence-corrected chi connectivity index (χ4v) is 2.84. The highest BCUT2D eigenvalue weighted by Crippen LogP contribution is 2.29. The maximum atomic E-state index is 11.1. The molecule has 0 spiro atoms. The lowest BCUT2D eigenvalue weighted by Gasteiger charge is -1.86. The molecule has 3 nitrogen and oxygen atoms in total. The molecule has 0 aliphatic heterocycles. The molecule has 0 aromatic carbocycles. The molecule has 0 saturated heterocycles. The predicted molar refractivity (Wildman–Crippen MR) is 47.2 cm³/mol. The van der Waals surface area contributed by atoms with Crippen molar-refractivity contribution in [1.82, 2.24) is 0 Å². The molecule has 0 unspecified atom stereocenters. The van der Waals surface area contributed by atoms with Gasteiger partial charge in [-0.05, 0) is 6.07 Å². The molecule has 2 heterocycles. The number of sulfone groups is 1. The molecule has 2 aromatic heterocycles. The van der Waals surface area contributed by atoms with E-state index in [4.69, 9.17) is 4.42 Å². The molecular weight excluding hydrogens is 196 g/mol. The Hall–Kier alpha value is -0.810. The Morgan fingerprint density at radius 2 is 2.25 bits per heavy atom. The van der Waals surface area contributed by atoms with Crippen molar-refractivity contribution < 1.29 is 12.8 Å². The van der Waals surface area contributed by atoms with Gasteiger partial charge in [0.25, 0.3) is 0 Å². The summed E-state index contributed by atoms with van der Waals surface area (Å²) in [6, 6.07) is 3.31. The molecule has 2 aromatic rings. The van der Waals surface area contributed by atoms with Gasteiger partial charge < -0.3 is 4.42 Å². The van der Waals surface area contributed by atoms with Gasteiger partial charge in [-0.15, -0.1) is 11.3 Å². The van der Waals surface area contributed by atoms with Crippen LogP contribution in [-0.2, 0) is 9.84 Å². The van der Waals surface area contributed by atoms with Crippen LogP contribution in [0.5, 0.6) is 0 Å². The molecule has 64 valence electrons. The van der Waals surface area contributed by atoms with Crippen LogP contribution in [0.15, 0.2) is 27.0 Å².